The highest BCUT2D eigenvalue weighted by molar-refractivity contribution is 5.60. The van der Waals surface area contributed by atoms with E-state index in [9.17, 15) is 0 Å². The molecule has 2 unspecified atom stereocenters. The van der Waals surface area contributed by atoms with Gasteiger partial charge in [-0.15, -0.1) is 0 Å². The summed E-state index contributed by atoms with van der Waals surface area (Å²) in [5, 5.41) is 0. The van der Waals surface area contributed by atoms with Crippen molar-refractivity contribution in [3.8, 4) is 0 Å². The van der Waals surface area contributed by atoms with Crippen molar-refractivity contribution < 1.29 is 0 Å². The van der Waals surface area contributed by atoms with Crippen LogP contribution in [0.25, 0.3) is 0 Å². The maximum absolute atomic E-state index is 2.72. The van der Waals surface area contributed by atoms with Crippen LogP contribution in [0.15, 0.2) is 54.6 Å². The largest absolute Gasteiger partial charge is 0.343 e. The molecule has 0 radical (unpaired) electrons. The fraction of sp³-hybridized carbons (Fsp3) is 0.400. The molecule has 3 nitrogen and oxygen atoms in total. The number of benzene rings is 2. The van der Waals surface area contributed by atoms with Gasteiger partial charge in [0.05, 0.1) is 6.04 Å². The van der Waals surface area contributed by atoms with Crippen LogP contribution >= 0.6 is 0 Å². The van der Waals surface area contributed by atoms with Gasteiger partial charge in [0.25, 0.3) is 0 Å². The summed E-state index contributed by atoms with van der Waals surface area (Å²) < 4.78 is 0. The second kappa shape index (κ2) is 5.36. The molecule has 2 saturated heterocycles. The van der Waals surface area contributed by atoms with Gasteiger partial charge in [-0.2, -0.15) is 0 Å². The predicted molar refractivity (Wildman–Crippen MR) is 93.4 cm³/mol. The van der Waals surface area contributed by atoms with Crippen LogP contribution < -0.4 is 4.90 Å². The lowest BCUT2D eigenvalue weighted by Crippen LogP contribution is -2.68. The first kappa shape index (κ1) is 13.6. The lowest BCUT2D eigenvalue weighted by Gasteiger charge is -2.58. The van der Waals surface area contributed by atoms with Gasteiger partial charge in [-0.25, -0.2) is 0 Å². The average Bonchev–Trinajstić information content (AvgIpc) is 2.63. The third kappa shape index (κ3) is 2.03. The first-order valence-corrected chi connectivity index (χ1v) is 8.84. The summed E-state index contributed by atoms with van der Waals surface area (Å²) in [4.78, 5) is 8.04. The molecule has 3 heteroatoms. The van der Waals surface area contributed by atoms with E-state index < -0.39 is 0 Å². The van der Waals surface area contributed by atoms with Crippen molar-refractivity contribution >= 4 is 5.69 Å². The van der Waals surface area contributed by atoms with Gasteiger partial charge in [-0.05, 0) is 30.0 Å². The molecule has 3 heterocycles. The Bertz CT molecular complexity index is 697. The molecule has 0 bridgehead atoms. The zero-order chi connectivity index (χ0) is 15.2. The third-order valence-corrected chi connectivity index (χ3v) is 5.60. The minimum absolute atomic E-state index is 0.384. The topological polar surface area (TPSA) is 9.72 Å². The Morgan fingerprint density at radius 1 is 0.739 bits per heavy atom. The summed E-state index contributed by atoms with van der Waals surface area (Å²) in [6.45, 7) is 4.84. The maximum atomic E-state index is 2.72. The molecule has 3 aliphatic heterocycles. The molecule has 0 amide bonds. The number of fused-ring (bicyclic) bond motifs is 2. The Morgan fingerprint density at radius 3 is 2.35 bits per heavy atom. The van der Waals surface area contributed by atoms with Crippen LogP contribution in [0.1, 0.15) is 30.0 Å². The molecule has 0 saturated carbocycles. The Kier molecular flexibility index (Phi) is 3.17. The van der Waals surface area contributed by atoms with E-state index in [0.717, 1.165) is 0 Å². The summed E-state index contributed by atoms with van der Waals surface area (Å²) in [6.07, 6.45) is 2.99. The number of hydrogen-bond donors (Lipinski definition) is 0. The molecule has 0 spiro atoms. The number of para-hydroxylation sites is 1. The van der Waals surface area contributed by atoms with Crippen LogP contribution in [0.2, 0.25) is 0 Å². The lowest BCUT2D eigenvalue weighted by molar-refractivity contribution is -0.0374. The number of rotatable bonds is 1. The monoisotopic (exact) mass is 305 g/mol. The molecule has 5 rings (SSSR count). The van der Waals surface area contributed by atoms with Gasteiger partial charge in [0, 0.05) is 31.9 Å². The molecular weight excluding hydrogens is 282 g/mol. The number of nitrogens with zero attached hydrogens (tertiary/aromatic N) is 3. The summed E-state index contributed by atoms with van der Waals surface area (Å²) in [6, 6.07) is 20.5. The van der Waals surface area contributed by atoms with E-state index in [1.165, 1.54) is 55.8 Å². The van der Waals surface area contributed by atoms with Crippen LogP contribution in [0, 0.1) is 0 Å². The molecule has 0 aliphatic carbocycles. The zero-order valence-corrected chi connectivity index (χ0v) is 13.4. The average molecular weight is 305 g/mol. The Morgan fingerprint density at radius 2 is 1.48 bits per heavy atom. The molecule has 23 heavy (non-hydrogen) atoms. The fourth-order valence-corrected chi connectivity index (χ4v) is 4.73. The van der Waals surface area contributed by atoms with E-state index in [-0.39, 0.29) is 0 Å². The van der Waals surface area contributed by atoms with Crippen molar-refractivity contribution in [1.29, 1.82) is 0 Å². The van der Waals surface area contributed by atoms with Gasteiger partial charge < -0.3 is 4.90 Å². The first-order valence-electron chi connectivity index (χ1n) is 8.84. The molecular formula is C20H23N3. The normalized spacial score (nSPS) is 27.4. The number of hydrogen-bond acceptors (Lipinski definition) is 3. The van der Waals surface area contributed by atoms with Crippen molar-refractivity contribution in [2.45, 2.75) is 25.2 Å². The van der Waals surface area contributed by atoms with Crippen LogP contribution in [0.4, 0.5) is 5.69 Å². The Labute approximate surface area is 138 Å². The van der Waals surface area contributed by atoms with E-state index in [1.807, 2.05) is 0 Å². The minimum Gasteiger partial charge on any atom is -0.343 e. The van der Waals surface area contributed by atoms with Gasteiger partial charge in [0.15, 0.2) is 0 Å². The molecule has 2 fully saturated rings. The fourth-order valence-electron chi connectivity index (χ4n) is 4.73. The first-order chi connectivity index (χ1) is 11.4. The van der Waals surface area contributed by atoms with Crippen LogP contribution in [-0.2, 0) is 0 Å². The SMILES string of the molecule is c1ccc(C2c3ccccc3N3CCCN4CCCN2C43)cc1. The zero-order valence-electron chi connectivity index (χ0n) is 13.4. The highest BCUT2D eigenvalue weighted by Gasteiger charge is 2.45. The highest BCUT2D eigenvalue weighted by Crippen LogP contribution is 2.45. The highest BCUT2D eigenvalue weighted by atomic mass is 15.6. The van der Waals surface area contributed by atoms with E-state index >= 15 is 0 Å². The number of anilines is 1. The van der Waals surface area contributed by atoms with Gasteiger partial charge in [0.2, 0.25) is 0 Å². The van der Waals surface area contributed by atoms with Crippen LogP contribution in [0.3, 0.4) is 0 Å². The van der Waals surface area contributed by atoms with E-state index in [2.05, 4.69) is 69.3 Å². The standard InChI is InChI=1S/C20H23N3/c1-2-8-16(9-3-1)19-17-10-4-5-11-18(17)22-14-6-12-21-13-7-15-23(19)20(21)22/h1-5,8-11,19-20H,6-7,12-15H2. The van der Waals surface area contributed by atoms with Gasteiger partial charge in [-0.3, -0.25) is 9.80 Å². The Balaban J connectivity index is 1.70. The van der Waals surface area contributed by atoms with Crippen LogP contribution in [0.5, 0.6) is 0 Å². The Hall–Kier alpha value is -1.84. The van der Waals surface area contributed by atoms with Crippen molar-refractivity contribution in [3.63, 3.8) is 0 Å². The van der Waals surface area contributed by atoms with Gasteiger partial charge in [0.1, 0.15) is 6.29 Å². The molecule has 2 atom stereocenters. The quantitative estimate of drug-likeness (QED) is 0.800. The van der Waals surface area contributed by atoms with Crippen molar-refractivity contribution in [3.05, 3.63) is 65.7 Å². The van der Waals surface area contributed by atoms with Crippen molar-refractivity contribution in [2.75, 3.05) is 31.1 Å². The molecule has 2 aromatic rings. The molecule has 118 valence electrons. The maximum Gasteiger partial charge on any atom is 0.140 e. The van der Waals surface area contributed by atoms with E-state index in [1.54, 1.807) is 0 Å². The summed E-state index contributed by atoms with van der Waals surface area (Å²) >= 11 is 0. The van der Waals surface area contributed by atoms with Gasteiger partial charge >= 0.3 is 0 Å². The summed E-state index contributed by atoms with van der Waals surface area (Å²) in [7, 11) is 0. The molecule has 0 aromatic heterocycles. The van der Waals surface area contributed by atoms with Crippen molar-refractivity contribution in [1.82, 2.24) is 9.80 Å². The van der Waals surface area contributed by atoms with Crippen molar-refractivity contribution in [2.24, 2.45) is 0 Å². The predicted octanol–water partition coefficient (Wildman–Crippen LogP) is 3.29. The third-order valence-electron chi connectivity index (χ3n) is 5.60. The second-order valence-electron chi connectivity index (χ2n) is 6.89. The van der Waals surface area contributed by atoms with E-state index in [4.69, 9.17) is 0 Å². The molecule has 0 N–H and O–H groups in total. The lowest BCUT2D eigenvalue weighted by atomic mass is 9.90. The molecule has 2 aromatic carbocycles. The second-order valence-corrected chi connectivity index (χ2v) is 6.89. The molecule has 3 aliphatic rings. The smallest absolute Gasteiger partial charge is 0.140 e. The summed E-state index contributed by atoms with van der Waals surface area (Å²) in [5.74, 6) is 0. The summed E-state index contributed by atoms with van der Waals surface area (Å²) in [5.41, 5.74) is 4.33. The minimum atomic E-state index is 0.384. The van der Waals surface area contributed by atoms with E-state index in [0.29, 0.717) is 12.3 Å². The van der Waals surface area contributed by atoms with Crippen LogP contribution in [-0.4, -0.2) is 42.3 Å². The van der Waals surface area contributed by atoms with Gasteiger partial charge in [-0.1, -0.05) is 48.5 Å².